The van der Waals surface area contributed by atoms with Crippen LogP contribution in [-0.2, 0) is 13.1 Å². The van der Waals surface area contributed by atoms with E-state index in [0.717, 1.165) is 26.2 Å². The van der Waals surface area contributed by atoms with Gasteiger partial charge in [0, 0.05) is 62.4 Å². The fourth-order valence-corrected chi connectivity index (χ4v) is 4.97. The normalized spacial score (nSPS) is 37.7. The minimum absolute atomic E-state index is 0.00694. The van der Waals surface area contributed by atoms with E-state index in [1.165, 1.54) is 51.4 Å². The Morgan fingerprint density at radius 3 is 1.79 bits per heavy atom. The van der Waals surface area contributed by atoms with Crippen LogP contribution in [0.5, 0.6) is 0 Å². The summed E-state index contributed by atoms with van der Waals surface area (Å²) in [5.74, 6) is 0. The predicted molar refractivity (Wildman–Crippen MR) is 119 cm³/mol. The minimum atomic E-state index is 0.00694. The van der Waals surface area contributed by atoms with Crippen LogP contribution in [0.15, 0.2) is 0 Å². The maximum atomic E-state index is 9.76. The number of hydrogen-bond donors (Lipinski definition) is 6. The van der Waals surface area contributed by atoms with E-state index in [-0.39, 0.29) is 25.8 Å². The van der Waals surface area contributed by atoms with Crippen LogP contribution in [0.3, 0.4) is 0 Å². The summed E-state index contributed by atoms with van der Waals surface area (Å²) in [5.41, 5.74) is 0. The number of halogens is 2. The van der Waals surface area contributed by atoms with Gasteiger partial charge in [0.2, 0.25) is 0 Å². The third-order valence-electron chi connectivity index (χ3n) is 6.53. The van der Waals surface area contributed by atoms with Gasteiger partial charge in [0.25, 0.3) is 0 Å². The number of hydrogen-bond acceptors (Lipinski definition) is 6. The molecule has 3 aliphatic rings. The number of rotatable bonds is 1. The number of fused-ring (bicyclic) bond motifs is 2. The Kier molecular flexibility index (Phi) is 14.1. The molecule has 0 bridgehead atoms. The SMILES string of the molecule is C[C@@H]1CN[C@H](CO)CNC2CCCCC2NCCNC2CCCCC2N1.[Cl][Mn][Cl]. The van der Waals surface area contributed by atoms with Crippen molar-refractivity contribution in [3.05, 3.63) is 0 Å². The number of aliphatic hydroxyl groups is 1. The van der Waals surface area contributed by atoms with Crippen molar-refractivity contribution in [2.75, 3.05) is 32.8 Å². The van der Waals surface area contributed by atoms with Crippen LogP contribution in [0.2, 0.25) is 0 Å². The van der Waals surface area contributed by atoms with Crippen molar-refractivity contribution in [3.8, 4) is 0 Å². The van der Waals surface area contributed by atoms with Crippen molar-refractivity contribution < 1.29 is 18.2 Å². The molecular formula is C20H41Cl2MnN5O. The fraction of sp³-hybridized carbons (Fsp3) is 1.00. The van der Waals surface area contributed by atoms with Gasteiger partial charge in [-0.25, -0.2) is 0 Å². The average molecular weight is 493 g/mol. The summed E-state index contributed by atoms with van der Waals surface area (Å²) < 4.78 is 0. The quantitative estimate of drug-likeness (QED) is 0.313. The van der Waals surface area contributed by atoms with Crippen LogP contribution in [0.4, 0.5) is 0 Å². The summed E-state index contributed by atoms with van der Waals surface area (Å²) >= 11 is 0.00694. The molecule has 173 valence electrons. The van der Waals surface area contributed by atoms with Gasteiger partial charge in [-0.2, -0.15) is 0 Å². The molecule has 6 N–H and O–H groups in total. The second-order valence-electron chi connectivity index (χ2n) is 8.72. The molecule has 6 nitrogen and oxygen atoms in total. The Balaban J connectivity index is 0.000000941. The molecule has 29 heavy (non-hydrogen) atoms. The Morgan fingerprint density at radius 2 is 1.24 bits per heavy atom. The van der Waals surface area contributed by atoms with Crippen molar-refractivity contribution >= 4 is 20.2 Å². The van der Waals surface area contributed by atoms with E-state index >= 15 is 0 Å². The van der Waals surface area contributed by atoms with E-state index in [4.69, 9.17) is 20.2 Å². The summed E-state index contributed by atoms with van der Waals surface area (Å²) in [6.07, 6.45) is 10.4. The van der Waals surface area contributed by atoms with Gasteiger partial charge in [-0.3, -0.25) is 0 Å². The summed E-state index contributed by atoms with van der Waals surface area (Å²) in [6.45, 7) is 6.30. The molecule has 0 spiro atoms. The van der Waals surface area contributed by atoms with Crippen molar-refractivity contribution in [2.45, 2.75) is 94.5 Å². The van der Waals surface area contributed by atoms with Gasteiger partial charge in [-0.05, 0) is 32.6 Å². The monoisotopic (exact) mass is 492 g/mol. The van der Waals surface area contributed by atoms with Gasteiger partial charge in [0.05, 0.1) is 6.61 Å². The molecule has 0 amide bonds. The molecule has 4 unspecified atom stereocenters. The second-order valence-corrected chi connectivity index (χ2v) is 10.7. The van der Waals surface area contributed by atoms with Crippen LogP contribution in [-0.4, -0.2) is 74.1 Å². The molecule has 2 saturated carbocycles. The maximum absolute atomic E-state index is 9.76. The van der Waals surface area contributed by atoms with E-state index in [9.17, 15) is 5.11 Å². The molecule has 3 fully saturated rings. The molecule has 1 saturated heterocycles. The summed E-state index contributed by atoms with van der Waals surface area (Å²) in [6, 6.07) is 2.80. The van der Waals surface area contributed by atoms with Gasteiger partial charge in [-0.15, -0.1) is 0 Å². The van der Waals surface area contributed by atoms with Crippen LogP contribution in [0, 0.1) is 0 Å². The predicted octanol–water partition coefficient (Wildman–Crippen LogP) is 1.70. The van der Waals surface area contributed by atoms with Crippen LogP contribution < -0.4 is 26.6 Å². The third-order valence-corrected chi connectivity index (χ3v) is 6.53. The first-order valence-corrected chi connectivity index (χ1v) is 14.6. The zero-order valence-corrected chi connectivity index (χ0v) is 20.4. The van der Waals surface area contributed by atoms with E-state index < -0.39 is 0 Å². The average Bonchev–Trinajstić information content (AvgIpc) is 2.73. The standard InChI is InChI=1S/C20H41N5O.2ClH.Mn/c1-15-12-23-16(14-26)13-24-18-7-3-2-6-17(18)21-10-11-22-19-8-4-5-9-20(19)25-15;;;/h15-26H,2-14H2,1H3;2*1H;/q;;;+2/p-2/t15-,16+,17?,18?,19?,20?;;;/m1.../s1. The molecular weight excluding hydrogens is 452 g/mol. The Labute approximate surface area is 192 Å². The molecule has 0 aromatic heterocycles. The van der Waals surface area contributed by atoms with Crippen molar-refractivity contribution in [2.24, 2.45) is 0 Å². The van der Waals surface area contributed by atoms with E-state index in [1.54, 1.807) is 0 Å². The molecule has 3 rings (SSSR count). The summed E-state index contributed by atoms with van der Waals surface area (Å²) in [7, 11) is 9.59. The van der Waals surface area contributed by atoms with Crippen LogP contribution >= 0.6 is 20.2 Å². The van der Waals surface area contributed by atoms with Crippen LogP contribution in [0.1, 0.15) is 58.3 Å². The van der Waals surface area contributed by atoms with Crippen molar-refractivity contribution in [1.29, 1.82) is 0 Å². The Hall–Kier alpha value is 0.859. The first-order chi connectivity index (χ1) is 14.2. The van der Waals surface area contributed by atoms with Crippen molar-refractivity contribution in [3.63, 3.8) is 0 Å². The molecule has 9 heteroatoms. The molecule has 2 aliphatic carbocycles. The number of nitrogens with one attached hydrogen (secondary N) is 5. The zero-order chi connectivity index (χ0) is 20.9. The van der Waals surface area contributed by atoms with Crippen LogP contribution in [0.25, 0.3) is 0 Å². The molecule has 0 aromatic carbocycles. The van der Waals surface area contributed by atoms with E-state index in [0.29, 0.717) is 30.2 Å². The summed E-state index contributed by atoms with van der Waals surface area (Å²) in [4.78, 5) is 0. The Morgan fingerprint density at radius 1 is 0.759 bits per heavy atom. The van der Waals surface area contributed by atoms with Gasteiger partial charge >= 0.3 is 33.3 Å². The van der Waals surface area contributed by atoms with E-state index in [2.05, 4.69) is 33.5 Å². The van der Waals surface area contributed by atoms with Gasteiger partial charge in [-0.1, -0.05) is 25.7 Å². The first-order valence-electron chi connectivity index (χ1n) is 11.3. The van der Waals surface area contributed by atoms with Gasteiger partial charge < -0.3 is 31.7 Å². The third kappa shape index (κ3) is 9.90. The Bertz CT molecular complexity index is 426. The fourth-order valence-electron chi connectivity index (χ4n) is 4.97. The van der Waals surface area contributed by atoms with Crippen molar-refractivity contribution in [1.82, 2.24) is 26.6 Å². The topological polar surface area (TPSA) is 80.4 Å². The van der Waals surface area contributed by atoms with Gasteiger partial charge in [0.15, 0.2) is 0 Å². The zero-order valence-electron chi connectivity index (χ0n) is 17.7. The number of aliphatic hydroxyl groups excluding tert-OH is 1. The summed E-state index contributed by atoms with van der Waals surface area (Å²) in [5, 5.41) is 28.5. The molecule has 0 aromatic rings. The molecule has 6 atom stereocenters. The molecule has 0 radical (unpaired) electrons. The van der Waals surface area contributed by atoms with E-state index in [1.807, 2.05) is 0 Å². The first kappa shape index (κ1) is 26.1. The van der Waals surface area contributed by atoms with Gasteiger partial charge in [0.1, 0.15) is 0 Å². The molecule has 1 aliphatic heterocycles. The molecule has 1 heterocycles. The second kappa shape index (κ2) is 15.6.